The molecule has 1 N–H and O–H groups in total. The number of furan rings is 1. The van der Waals surface area contributed by atoms with E-state index in [1.807, 2.05) is 25.1 Å². The molecule has 2 rings (SSSR count). The van der Waals surface area contributed by atoms with Crippen molar-refractivity contribution in [1.82, 2.24) is 4.98 Å². The third-order valence-corrected chi connectivity index (χ3v) is 2.59. The van der Waals surface area contributed by atoms with Crippen LogP contribution in [0.1, 0.15) is 11.3 Å². The van der Waals surface area contributed by atoms with Crippen molar-refractivity contribution in [1.29, 1.82) is 0 Å². The van der Waals surface area contributed by atoms with Crippen LogP contribution < -0.4 is 5.32 Å². The van der Waals surface area contributed by atoms with Gasteiger partial charge in [-0.2, -0.15) is 0 Å². The molecule has 0 spiro atoms. The first-order chi connectivity index (χ1) is 7.25. The van der Waals surface area contributed by atoms with Gasteiger partial charge in [-0.1, -0.05) is 0 Å². The topological polar surface area (TPSA) is 38.1 Å². The number of hydrogen-bond donors (Lipinski definition) is 1. The van der Waals surface area contributed by atoms with Crippen LogP contribution in [0.3, 0.4) is 0 Å². The predicted molar refractivity (Wildman–Crippen MR) is 62.7 cm³/mol. The number of rotatable bonds is 3. The summed E-state index contributed by atoms with van der Waals surface area (Å²) in [5.41, 5.74) is 1.15. The molecule has 4 heteroatoms. The number of aromatic nitrogens is 1. The van der Waals surface area contributed by atoms with Gasteiger partial charge in [0.25, 0.3) is 0 Å². The summed E-state index contributed by atoms with van der Waals surface area (Å²) in [6.07, 6.45) is 3.46. The molecule has 2 aromatic heterocycles. The molecule has 0 aliphatic carbocycles. The highest BCUT2D eigenvalue weighted by Crippen LogP contribution is 2.13. The molecule has 0 aliphatic rings. The molecule has 0 aliphatic heterocycles. The number of nitrogens with one attached hydrogen (secondary N) is 1. The fraction of sp³-hybridized carbons (Fsp3) is 0.182. The first kappa shape index (κ1) is 10.2. The summed E-state index contributed by atoms with van der Waals surface area (Å²) in [6.45, 7) is 2.68. The summed E-state index contributed by atoms with van der Waals surface area (Å²) in [4.78, 5) is 4.21. The van der Waals surface area contributed by atoms with E-state index >= 15 is 0 Å². The van der Waals surface area contributed by atoms with Gasteiger partial charge in [-0.05, 0) is 46.6 Å². The van der Waals surface area contributed by atoms with Crippen molar-refractivity contribution in [2.45, 2.75) is 13.5 Å². The molecule has 0 saturated carbocycles. The lowest BCUT2D eigenvalue weighted by atomic mass is 10.3. The van der Waals surface area contributed by atoms with Gasteiger partial charge in [-0.15, -0.1) is 0 Å². The monoisotopic (exact) mass is 266 g/mol. The van der Waals surface area contributed by atoms with Crippen molar-refractivity contribution in [2.75, 3.05) is 5.32 Å². The minimum atomic E-state index is 0.660. The number of halogens is 1. The fourth-order valence-electron chi connectivity index (χ4n) is 1.24. The van der Waals surface area contributed by atoms with E-state index in [1.165, 1.54) is 0 Å². The molecule has 0 bridgehead atoms. The Morgan fingerprint density at radius 2 is 2.27 bits per heavy atom. The van der Waals surface area contributed by atoms with Gasteiger partial charge in [-0.25, -0.2) is 4.98 Å². The summed E-state index contributed by atoms with van der Waals surface area (Å²) in [5, 5.41) is 3.19. The number of hydrogen-bond acceptors (Lipinski definition) is 3. The number of nitrogens with zero attached hydrogens (tertiary/aromatic N) is 1. The molecule has 0 saturated heterocycles. The van der Waals surface area contributed by atoms with Gasteiger partial charge >= 0.3 is 0 Å². The van der Waals surface area contributed by atoms with E-state index in [2.05, 4.69) is 26.2 Å². The minimum absolute atomic E-state index is 0.660. The van der Waals surface area contributed by atoms with Gasteiger partial charge in [0.05, 0.1) is 12.8 Å². The van der Waals surface area contributed by atoms with E-state index in [0.717, 1.165) is 21.6 Å². The minimum Gasteiger partial charge on any atom is -0.467 e. The van der Waals surface area contributed by atoms with E-state index in [4.69, 9.17) is 4.42 Å². The first-order valence-electron chi connectivity index (χ1n) is 4.64. The zero-order valence-corrected chi connectivity index (χ0v) is 9.91. The lowest BCUT2D eigenvalue weighted by Crippen LogP contribution is -2.00. The van der Waals surface area contributed by atoms with Crippen LogP contribution in [0.25, 0.3) is 0 Å². The quantitative estimate of drug-likeness (QED) is 0.926. The Morgan fingerprint density at radius 1 is 1.40 bits per heavy atom. The second kappa shape index (κ2) is 4.49. The third-order valence-electron chi connectivity index (χ3n) is 2.13. The zero-order chi connectivity index (χ0) is 10.7. The molecule has 0 atom stereocenters. The molecular formula is C11H11BrN2O. The highest BCUT2D eigenvalue weighted by Gasteiger charge is 2.01. The Kier molecular flexibility index (Phi) is 3.06. The molecule has 2 heterocycles. The van der Waals surface area contributed by atoms with E-state index in [9.17, 15) is 0 Å². The van der Waals surface area contributed by atoms with Gasteiger partial charge in [0.1, 0.15) is 11.6 Å². The van der Waals surface area contributed by atoms with Crippen LogP contribution in [0.15, 0.2) is 39.5 Å². The van der Waals surface area contributed by atoms with Crippen molar-refractivity contribution in [3.63, 3.8) is 0 Å². The summed E-state index contributed by atoms with van der Waals surface area (Å²) in [5.74, 6) is 1.79. The zero-order valence-electron chi connectivity index (χ0n) is 8.33. The number of aryl methyl sites for hydroxylation is 1. The highest BCUT2D eigenvalue weighted by molar-refractivity contribution is 9.10. The average molecular weight is 267 g/mol. The van der Waals surface area contributed by atoms with Crippen LogP contribution in [0.4, 0.5) is 5.82 Å². The number of pyridine rings is 1. The van der Waals surface area contributed by atoms with Crippen LogP contribution in [0.5, 0.6) is 0 Å². The third kappa shape index (κ3) is 2.59. The van der Waals surface area contributed by atoms with Gasteiger partial charge < -0.3 is 9.73 Å². The molecule has 0 fully saturated rings. The Bertz CT molecular complexity index is 436. The Labute approximate surface area is 96.6 Å². The van der Waals surface area contributed by atoms with Crippen LogP contribution in [-0.2, 0) is 6.54 Å². The average Bonchev–Trinajstić information content (AvgIpc) is 2.63. The Morgan fingerprint density at radius 3 is 2.87 bits per heavy atom. The van der Waals surface area contributed by atoms with E-state index in [-0.39, 0.29) is 0 Å². The van der Waals surface area contributed by atoms with E-state index in [1.54, 1.807) is 12.5 Å². The first-order valence-corrected chi connectivity index (χ1v) is 5.43. The van der Waals surface area contributed by atoms with Crippen molar-refractivity contribution in [3.05, 3.63) is 46.5 Å². The van der Waals surface area contributed by atoms with Gasteiger partial charge in [-0.3, -0.25) is 0 Å². The highest BCUT2D eigenvalue weighted by atomic mass is 79.9. The maximum atomic E-state index is 5.31. The van der Waals surface area contributed by atoms with Crippen LogP contribution in [-0.4, -0.2) is 4.98 Å². The van der Waals surface area contributed by atoms with E-state index < -0.39 is 0 Å². The standard InChI is InChI=1S/C11H11BrN2O/c1-8-4-5-15-10(8)7-14-11-3-2-9(12)6-13-11/h2-6H,7H2,1H3,(H,13,14). The molecule has 0 amide bonds. The van der Waals surface area contributed by atoms with Crippen molar-refractivity contribution in [2.24, 2.45) is 0 Å². The lowest BCUT2D eigenvalue weighted by Gasteiger charge is -2.03. The second-order valence-electron chi connectivity index (χ2n) is 3.24. The fourth-order valence-corrected chi connectivity index (χ4v) is 1.47. The summed E-state index contributed by atoms with van der Waals surface area (Å²) in [6, 6.07) is 5.82. The van der Waals surface area contributed by atoms with Crippen LogP contribution >= 0.6 is 15.9 Å². The Balaban J connectivity index is 1.99. The van der Waals surface area contributed by atoms with Gasteiger partial charge in [0, 0.05) is 10.7 Å². The molecule has 0 aromatic carbocycles. The molecular weight excluding hydrogens is 256 g/mol. The summed E-state index contributed by atoms with van der Waals surface area (Å²) >= 11 is 3.34. The van der Waals surface area contributed by atoms with Gasteiger partial charge in [0.2, 0.25) is 0 Å². The largest absolute Gasteiger partial charge is 0.467 e. The van der Waals surface area contributed by atoms with Gasteiger partial charge in [0.15, 0.2) is 0 Å². The lowest BCUT2D eigenvalue weighted by molar-refractivity contribution is 0.515. The van der Waals surface area contributed by atoms with E-state index in [0.29, 0.717) is 6.54 Å². The Hall–Kier alpha value is -1.29. The van der Waals surface area contributed by atoms with Crippen molar-refractivity contribution in [3.8, 4) is 0 Å². The number of anilines is 1. The molecule has 78 valence electrons. The molecule has 0 unspecified atom stereocenters. The maximum absolute atomic E-state index is 5.31. The molecule has 0 radical (unpaired) electrons. The smallest absolute Gasteiger partial charge is 0.126 e. The SMILES string of the molecule is Cc1ccoc1CNc1ccc(Br)cn1. The van der Waals surface area contributed by atoms with Crippen LogP contribution in [0, 0.1) is 6.92 Å². The second-order valence-corrected chi connectivity index (χ2v) is 4.16. The molecule has 2 aromatic rings. The summed E-state index contributed by atoms with van der Waals surface area (Å²) in [7, 11) is 0. The maximum Gasteiger partial charge on any atom is 0.126 e. The normalized spacial score (nSPS) is 10.3. The van der Waals surface area contributed by atoms with Crippen molar-refractivity contribution >= 4 is 21.7 Å². The predicted octanol–water partition coefficient (Wildman–Crippen LogP) is 3.36. The van der Waals surface area contributed by atoms with Crippen LogP contribution in [0.2, 0.25) is 0 Å². The summed E-state index contributed by atoms with van der Waals surface area (Å²) < 4.78 is 6.28. The molecule has 15 heavy (non-hydrogen) atoms. The van der Waals surface area contributed by atoms with Crippen molar-refractivity contribution < 1.29 is 4.42 Å². The molecule has 3 nitrogen and oxygen atoms in total.